The van der Waals surface area contributed by atoms with E-state index >= 15 is 0 Å². The van der Waals surface area contributed by atoms with Crippen molar-refractivity contribution >= 4 is 5.91 Å². The molecule has 0 heterocycles. The molecule has 0 saturated heterocycles. The Bertz CT molecular complexity index is 466. The number of primary amides is 1. The Morgan fingerprint density at radius 3 is 2.89 bits per heavy atom. The third kappa shape index (κ3) is 5.40. The minimum Gasteiger partial charge on any atom is -0.495 e. The fraction of sp³-hybridized carbons (Fsp3) is 0.429. The van der Waals surface area contributed by atoms with Gasteiger partial charge in [0.2, 0.25) is 5.91 Å². The number of methoxy groups -OCH3 is 1. The first kappa shape index (κ1) is 15.0. The normalized spacial score (nSPS) is 9.89. The number of rotatable bonds is 8. The van der Waals surface area contributed by atoms with Crippen molar-refractivity contribution in [3.8, 4) is 11.8 Å². The number of hydrogen-bond acceptors (Lipinski definition) is 4. The first-order valence-electron chi connectivity index (χ1n) is 6.23. The van der Waals surface area contributed by atoms with E-state index in [0.29, 0.717) is 24.3 Å². The second kappa shape index (κ2) is 8.11. The average Bonchev–Trinajstić information content (AvgIpc) is 2.42. The lowest BCUT2D eigenvalue weighted by molar-refractivity contribution is -0.118. The predicted octanol–water partition coefficient (Wildman–Crippen LogP) is 1.31. The molecule has 0 aliphatic heterocycles. The van der Waals surface area contributed by atoms with Gasteiger partial charge in [0.25, 0.3) is 0 Å². The van der Waals surface area contributed by atoms with Gasteiger partial charge in [-0.1, -0.05) is 6.07 Å². The number of hydrogen-bond donors (Lipinski definition) is 2. The number of carbonyl (C=O) groups is 1. The smallest absolute Gasteiger partial charge is 0.217 e. The van der Waals surface area contributed by atoms with Crippen molar-refractivity contribution < 1.29 is 9.53 Å². The van der Waals surface area contributed by atoms with Crippen molar-refractivity contribution in [1.29, 1.82) is 5.26 Å². The van der Waals surface area contributed by atoms with Crippen molar-refractivity contribution in [1.82, 2.24) is 5.32 Å². The van der Waals surface area contributed by atoms with Gasteiger partial charge in [-0.3, -0.25) is 4.79 Å². The van der Waals surface area contributed by atoms with Gasteiger partial charge in [0.05, 0.1) is 12.7 Å². The van der Waals surface area contributed by atoms with Gasteiger partial charge in [0, 0.05) is 13.0 Å². The van der Waals surface area contributed by atoms with Crippen molar-refractivity contribution in [3.05, 3.63) is 29.3 Å². The Hall–Kier alpha value is -2.06. The van der Waals surface area contributed by atoms with E-state index in [-0.39, 0.29) is 5.91 Å². The zero-order valence-corrected chi connectivity index (χ0v) is 11.1. The summed E-state index contributed by atoms with van der Waals surface area (Å²) in [6.45, 7) is 1.51. The van der Waals surface area contributed by atoms with Gasteiger partial charge in [-0.25, -0.2) is 0 Å². The number of carbonyl (C=O) groups excluding carboxylic acids is 1. The first-order chi connectivity index (χ1) is 9.17. The summed E-state index contributed by atoms with van der Waals surface area (Å²) in [6, 6.07) is 7.64. The van der Waals surface area contributed by atoms with Gasteiger partial charge in [0.1, 0.15) is 11.8 Å². The molecule has 0 saturated carbocycles. The summed E-state index contributed by atoms with van der Waals surface area (Å²) in [6.07, 6.45) is 2.14. The highest BCUT2D eigenvalue weighted by Gasteiger charge is 2.03. The average molecular weight is 261 g/mol. The number of nitrogens with zero attached hydrogens (tertiary/aromatic N) is 1. The summed E-state index contributed by atoms with van der Waals surface area (Å²) in [5, 5.41) is 12.2. The lowest BCUT2D eigenvalue weighted by atomic mass is 10.1. The first-order valence-corrected chi connectivity index (χ1v) is 6.23. The topological polar surface area (TPSA) is 88.1 Å². The van der Waals surface area contributed by atoms with Gasteiger partial charge in [-0.05, 0) is 37.1 Å². The molecular weight excluding hydrogens is 242 g/mol. The Morgan fingerprint density at radius 1 is 1.47 bits per heavy atom. The van der Waals surface area contributed by atoms with E-state index in [0.717, 1.165) is 24.9 Å². The van der Waals surface area contributed by atoms with E-state index in [1.807, 2.05) is 12.1 Å². The molecule has 1 aromatic carbocycles. The Balaban J connectivity index is 2.34. The summed E-state index contributed by atoms with van der Waals surface area (Å²) in [7, 11) is 1.55. The SMILES string of the molecule is COc1ccc(CNCCCCC(N)=O)cc1C#N. The van der Waals surface area contributed by atoms with Crippen LogP contribution in [0.1, 0.15) is 30.4 Å². The number of ether oxygens (including phenoxy) is 1. The van der Waals surface area contributed by atoms with Crippen molar-refractivity contribution in [2.75, 3.05) is 13.7 Å². The monoisotopic (exact) mass is 261 g/mol. The molecular formula is C14H19N3O2. The maximum Gasteiger partial charge on any atom is 0.217 e. The van der Waals surface area contributed by atoms with Gasteiger partial charge < -0.3 is 15.8 Å². The van der Waals surface area contributed by atoms with Gasteiger partial charge in [-0.15, -0.1) is 0 Å². The molecule has 0 bridgehead atoms. The molecule has 0 atom stereocenters. The van der Waals surface area contributed by atoms with Crippen molar-refractivity contribution in [2.24, 2.45) is 5.73 Å². The van der Waals surface area contributed by atoms with Gasteiger partial charge in [0.15, 0.2) is 0 Å². The molecule has 1 amide bonds. The van der Waals surface area contributed by atoms with E-state index in [1.54, 1.807) is 13.2 Å². The lowest BCUT2D eigenvalue weighted by Gasteiger charge is -2.07. The molecule has 5 nitrogen and oxygen atoms in total. The summed E-state index contributed by atoms with van der Waals surface area (Å²) in [4.78, 5) is 10.5. The van der Waals surface area contributed by atoms with Crippen LogP contribution < -0.4 is 15.8 Å². The van der Waals surface area contributed by atoms with Crippen LogP contribution in [0.25, 0.3) is 0 Å². The largest absolute Gasteiger partial charge is 0.495 e. The van der Waals surface area contributed by atoms with Gasteiger partial charge in [-0.2, -0.15) is 5.26 Å². The van der Waals surface area contributed by atoms with Crippen LogP contribution in [-0.2, 0) is 11.3 Å². The van der Waals surface area contributed by atoms with E-state index < -0.39 is 0 Å². The van der Waals surface area contributed by atoms with E-state index in [4.69, 9.17) is 15.7 Å². The number of amides is 1. The minimum atomic E-state index is -0.256. The highest BCUT2D eigenvalue weighted by molar-refractivity contribution is 5.73. The minimum absolute atomic E-state index is 0.256. The summed E-state index contributed by atoms with van der Waals surface area (Å²) >= 11 is 0. The van der Waals surface area contributed by atoms with Crippen LogP contribution in [0.4, 0.5) is 0 Å². The van der Waals surface area contributed by atoms with Crippen molar-refractivity contribution in [2.45, 2.75) is 25.8 Å². The summed E-state index contributed by atoms with van der Waals surface area (Å²) < 4.78 is 5.08. The molecule has 0 aromatic heterocycles. The van der Waals surface area contributed by atoms with E-state index in [9.17, 15) is 4.79 Å². The quantitative estimate of drug-likeness (QED) is 0.691. The number of nitrogens with one attached hydrogen (secondary N) is 1. The number of nitriles is 1. The zero-order valence-electron chi connectivity index (χ0n) is 11.1. The Morgan fingerprint density at radius 2 is 2.26 bits per heavy atom. The van der Waals surface area contributed by atoms with Crippen molar-refractivity contribution in [3.63, 3.8) is 0 Å². The van der Waals surface area contributed by atoms with Crippen LogP contribution in [0.3, 0.4) is 0 Å². The number of benzene rings is 1. The van der Waals surface area contributed by atoms with E-state index in [2.05, 4.69) is 11.4 Å². The maximum absolute atomic E-state index is 10.5. The molecule has 5 heteroatoms. The molecule has 0 unspecified atom stereocenters. The lowest BCUT2D eigenvalue weighted by Crippen LogP contribution is -2.16. The van der Waals surface area contributed by atoms with Crippen LogP contribution in [-0.4, -0.2) is 19.6 Å². The Kier molecular flexibility index (Phi) is 6.41. The molecule has 0 aliphatic rings. The van der Waals surface area contributed by atoms with Gasteiger partial charge >= 0.3 is 0 Å². The van der Waals surface area contributed by atoms with Crippen LogP contribution in [0, 0.1) is 11.3 Å². The molecule has 0 fully saturated rings. The fourth-order valence-corrected chi connectivity index (χ4v) is 1.73. The number of nitrogens with two attached hydrogens (primary N) is 1. The molecule has 0 radical (unpaired) electrons. The zero-order chi connectivity index (χ0) is 14.1. The Labute approximate surface area is 113 Å². The molecule has 102 valence electrons. The summed E-state index contributed by atoms with van der Waals surface area (Å²) in [5.74, 6) is 0.335. The molecule has 0 aliphatic carbocycles. The maximum atomic E-state index is 10.5. The second-order valence-electron chi connectivity index (χ2n) is 4.25. The third-order valence-electron chi connectivity index (χ3n) is 2.74. The van der Waals surface area contributed by atoms with Crippen LogP contribution in [0.5, 0.6) is 5.75 Å². The summed E-state index contributed by atoms with van der Waals surface area (Å²) in [5.41, 5.74) is 6.63. The third-order valence-corrected chi connectivity index (χ3v) is 2.74. The predicted molar refractivity (Wildman–Crippen MR) is 72.5 cm³/mol. The standard InChI is InChI=1S/C14H19N3O2/c1-19-13-6-5-11(8-12(13)9-15)10-17-7-3-2-4-14(16)18/h5-6,8,17H,2-4,7,10H2,1H3,(H2,16,18). The highest BCUT2D eigenvalue weighted by atomic mass is 16.5. The van der Waals surface area contributed by atoms with E-state index in [1.165, 1.54) is 0 Å². The molecule has 0 spiro atoms. The molecule has 1 rings (SSSR count). The van der Waals surface area contributed by atoms with Crippen LogP contribution in [0.2, 0.25) is 0 Å². The van der Waals surface area contributed by atoms with Crippen LogP contribution in [0.15, 0.2) is 18.2 Å². The second-order valence-corrected chi connectivity index (χ2v) is 4.25. The van der Waals surface area contributed by atoms with Crippen LogP contribution >= 0.6 is 0 Å². The molecule has 3 N–H and O–H groups in total. The fourth-order valence-electron chi connectivity index (χ4n) is 1.73. The molecule has 1 aromatic rings. The molecule has 19 heavy (non-hydrogen) atoms. The highest BCUT2D eigenvalue weighted by Crippen LogP contribution is 2.18. The number of unbranched alkanes of at least 4 members (excludes halogenated alkanes) is 1.